The molecule has 4 aliphatic rings. The maximum Gasteiger partial charge on any atom is 0.316 e. The number of fused-ring (bicyclic) bond motifs is 1. The molecule has 2 saturated heterocycles. The molecule has 4 N–H and O–H groups in total. The number of nitrogens with two attached hydrogens (primary N) is 1. The van der Waals surface area contributed by atoms with Crippen LogP contribution in [0.2, 0.25) is 0 Å². The van der Waals surface area contributed by atoms with Gasteiger partial charge in [-0.15, -0.1) is 0 Å². The van der Waals surface area contributed by atoms with Crippen molar-refractivity contribution in [2.75, 3.05) is 37.6 Å². The van der Waals surface area contributed by atoms with Gasteiger partial charge in [0.1, 0.15) is 12.1 Å². The highest BCUT2D eigenvalue weighted by molar-refractivity contribution is 6.36. The van der Waals surface area contributed by atoms with E-state index in [9.17, 15) is 28.8 Å². The molecule has 0 spiro atoms. The summed E-state index contributed by atoms with van der Waals surface area (Å²) in [6.45, 7) is 15.7. The second kappa shape index (κ2) is 14.3. The van der Waals surface area contributed by atoms with E-state index in [4.69, 9.17) is 5.73 Å². The number of likely N-dealkylation sites (tertiary alicyclic amines) is 1. The van der Waals surface area contributed by atoms with Crippen LogP contribution in [-0.4, -0.2) is 106 Å². The molecule has 2 saturated carbocycles. The number of urea groups is 1. The Morgan fingerprint density at radius 1 is 0.960 bits per heavy atom. The Morgan fingerprint density at radius 2 is 1.58 bits per heavy atom. The van der Waals surface area contributed by atoms with Crippen LogP contribution in [0, 0.1) is 40.4 Å². The van der Waals surface area contributed by atoms with Crippen molar-refractivity contribution in [1.29, 1.82) is 0 Å². The first-order valence-corrected chi connectivity index (χ1v) is 18.0. The van der Waals surface area contributed by atoms with Crippen molar-refractivity contribution < 1.29 is 28.8 Å². The third-order valence-corrected chi connectivity index (χ3v) is 11.2. The van der Waals surface area contributed by atoms with Gasteiger partial charge in [0, 0.05) is 57.5 Å². The summed E-state index contributed by atoms with van der Waals surface area (Å²) in [5.41, 5.74) is 4.45. The van der Waals surface area contributed by atoms with Crippen LogP contribution in [0.5, 0.6) is 0 Å². The molecule has 14 nitrogen and oxygen atoms in total. The molecule has 3 heterocycles. The van der Waals surface area contributed by atoms with E-state index in [1.807, 2.05) is 39.5 Å². The van der Waals surface area contributed by atoms with E-state index < -0.39 is 47.2 Å². The minimum Gasteiger partial charge on any atom is -0.363 e. The standard InChI is InChI=1S/C36H54N8O6/c1-20(2)26(31(48)42-13-15-43(16-14-42)33-38-11-8-12-39-33)40-34(50)41-29(35(3,4)5)32(49)44-19-23-25(36(23,6)7)27(44)24(45)18-22(17-21-9-10-21)28(46)30(37)47/h8,11-12,20-23,25-27,29H,9-10,13-19H2,1-7H3,(H2,37,47)(H2,40,41,50)/t22?,23-,25-,26-,27+,29+/m0/s1. The molecule has 1 unspecified atom stereocenters. The van der Waals surface area contributed by atoms with Gasteiger partial charge in [0.25, 0.3) is 5.91 Å². The summed E-state index contributed by atoms with van der Waals surface area (Å²) in [7, 11) is 0. The fourth-order valence-corrected chi connectivity index (χ4v) is 7.91. The van der Waals surface area contributed by atoms with Gasteiger partial charge in [-0.2, -0.15) is 0 Å². The molecule has 6 atom stereocenters. The smallest absolute Gasteiger partial charge is 0.316 e. The van der Waals surface area contributed by atoms with Crippen LogP contribution < -0.4 is 21.3 Å². The number of piperidine rings is 1. The number of hydrogen-bond acceptors (Lipinski definition) is 9. The van der Waals surface area contributed by atoms with Gasteiger partial charge in [0.05, 0.1) is 6.04 Å². The molecule has 0 radical (unpaired) electrons. The Kier molecular flexibility index (Phi) is 10.6. The predicted octanol–water partition coefficient (Wildman–Crippen LogP) is 1.78. The predicted molar refractivity (Wildman–Crippen MR) is 185 cm³/mol. The number of amides is 5. The van der Waals surface area contributed by atoms with Gasteiger partial charge in [-0.25, -0.2) is 14.8 Å². The lowest BCUT2D eigenvalue weighted by atomic mass is 9.84. The normalized spacial score (nSPS) is 24.6. The van der Waals surface area contributed by atoms with Crippen LogP contribution in [0.4, 0.5) is 10.7 Å². The number of aromatic nitrogens is 2. The van der Waals surface area contributed by atoms with E-state index in [0.29, 0.717) is 51.0 Å². The van der Waals surface area contributed by atoms with Gasteiger partial charge in [0.2, 0.25) is 23.5 Å². The topological polar surface area (TPSA) is 188 Å². The van der Waals surface area contributed by atoms with Gasteiger partial charge in [0.15, 0.2) is 5.78 Å². The average molecular weight is 695 g/mol. The first-order valence-electron chi connectivity index (χ1n) is 18.0. The lowest BCUT2D eigenvalue weighted by Gasteiger charge is -2.39. The summed E-state index contributed by atoms with van der Waals surface area (Å²) in [6, 6.07) is -1.51. The number of piperazine rings is 1. The third-order valence-electron chi connectivity index (χ3n) is 11.2. The molecule has 50 heavy (non-hydrogen) atoms. The SMILES string of the molecule is CC(C)[C@H](NC(=O)N[C@H](C(=O)N1C[C@H]2[C@@H]([C@H]1C(=O)CC(CC1CC1)C(=O)C(N)=O)C2(C)C)C(C)(C)C)C(=O)N1CCN(c2ncccn2)CC1. The van der Waals surface area contributed by atoms with Crippen molar-refractivity contribution in [3.05, 3.63) is 18.5 Å². The number of nitrogens with zero attached hydrogens (tertiary/aromatic N) is 5. The lowest BCUT2D eigenvalue weighted by molar-refractivity contribution is -0.144. The molecule has 0 aromatic carbocycles. The molecule has 1 aromatic heterocycles. The van der Waals surface area contributed by atoms with Crippen LogP contribution in [0.1, 0.15) is 74.1 Å². The average Bonchev–Trinajstić information content (AvgIpc) is 3.92. The number of ketones is 2. The van der Waals surface area contributed by atoms with Crippen LogP contribution in [0.15, 0.2) is 18.5 Å². The van der Waals surface area contributed by atoms with Crippen molar-refractivity contribution >= 4 is 41.3 Å². The summed E-state index contributed by atoms with van der Waals surface area (Å²) < 4.78 is 0. The van der Waals surface area contributed by atoms with E-state index in [0.717, 1.165) is 12.8 Å². The van der Waals surface area contributed by atoms with Crippen molar-refractivity contribution in [2.24, 2.45) is 46.2 Å². The third kappa shape index (κ3) is 7.94. The second-order valence-corrected chi connectivity index (χ2v) is 16.7. The zero-order chi connectivity index (χ0) is 36.7. The molecule has 0 bridgehead atoms. The van der Waals surface area contributed by atoms with Crippen molar-refractivity contribution in [3.8, 4) is 0 Å². The number of primary amides is 1. The number of carbonyl (C=O) groups is 6. The van der Waals surface area contributed by atoms with Crippen LogP contribution >= 0.6 is 0 Å². The first kappa shape index (κ1) is 37.2. The van der Waals surface area contributed by atoms with Gasteiger partial charge < -0.3 is 31.1 Å². The fraction of sp³-hybridized carbons (Fsp3) is 0.722. The Hall–Kier alpha value is -4.10. The molecule has 5 rings (SSSR count). The van der Waals surface area contributed by atoms with E-state index >= 15 is 0 Å². The zero-order valence-electron chi connectivity index (χ0n) is 30.5. The minimum absolute atomic E-state index is 0.0875. The Labute approximate surface area is 294 Å². The largest absolute Gasteiger partial charge is 0.363 e. The van der Waals surface area contributed by atoms with Crippen LogP contribution in [-0.2, 0) is 24.0 Å². The molecule has 1 aromatic rings. The van der Waals surface area contributed by atoms with Crippen molar-refractivity contribution in [1.82, 2.24) is 30.4 Å². The number of anilines is 1. The Morgan fingerprint density at radius 3 is 2.12 bits per heavy atom. The minimum atomic E-state index is -1.04. The van der Waals surface area contributed by atoms with Gasteiger partial charge in [-0.1, -0.05) is 61.3 Å². The number of carbonyl (C=O) groups excluding carboxylic acids is 6. The number of hydrogen-bond donors (Lipinski definition) is 3. The zero-order valence-corrected chi connectivity index (χ0v) is 30.5. The molecule has 14 heteroatoms. The second-order valence-electron chi connectivity index (χ2n) is 16.7. The Balaban J connectivity index is 1.26. The lowest BCUT2D eigenvalue weighted by Crippen LogP contribution is -2.62. The Bertz CT molecular complexity index is 1480. The van der Waals surface area contributed by atoms with Gasteiger partial charge >= 0.3 is 6.03 Å². The van der Waals surface area contributed by atoms with E-state index in [-0.39, 0.29) is 47.2 Å². The van der Waals surface area contributed by atoms with E-state index in [1.54, 1.807) is 28.3 Å². The molecule has 4 fully saturated rings. The number of Topliss-reactive ketones (excluding diaryl/α,β-unsaturated/α-hetero) is 2. The summed E-state index contributed by atoms with van der Waals surface area (Å²) >= 11 is 0. The molecule has 2 aliphatic carbocycles. The number of rotatable bonds is 13. The highest BCUT2D eigenvalue weighted by Crippen LogP contribution is 2.65. The summed E-state index contributed by atoms with van der Waals surface area (Å²) in [6.07, 6.45) is 5.55. The highest BCUT2D eigenvalue weighted by Gasteiger charge is 2.69. The maximum atomic E-state index is 14.4. The highest BCUT2D eigenvalue weighted by atomic mass is 16.2. The van der Waals surface area contributed by atoms with E-state index in [1.165, 1.54) is 0 Å². The molecular formula is C36H54N8O6. The fourth-order valence-electron chi connectivity index (χ4n) is 7.91. The van der Waals surface area contributed by atoms with Gasteiger partial charge in [-0.05, 0) is 47.0 Å². The molecule has 2 aliphatic heterocycles. The quantitative estimate of drug-likeness (QED) is 0.259. The summed E-state index contributed by atoms with van der Waals surface area (Å²) in [5, 5.41) is 5.70. The van der Waals surface area contributed by atoms with E-state index in [2.05, 4.69) is 34.4 Å². The summed E-state index contributed by atoms with van der Waals surface area (Å²) in [5.74, 6) is -2.74. The van der Waals surface area contributed by atoms with Crippen LogP contribution in [0.3, 0.4) is 0 Å². The summed E-state index contributed by atoms with van der Waals surface area (Å²) in [4.78, 5) is 94.1. The molecular weight excluding hydrogens is 640 g/mol. The first-order chi connectivity index (χ1) is 23.4. The molecule has 5 amide bonds. The molecule has 274 valence electrons. The van der Waals surface area contributed by atoms with Crippen molar-refractivity contribution in [2.45, 2.75) is 92.3 Å². The number of nitrogens with one attached hydrogen (secondary N) is 2. The monoisotopic (exact) mass is 694 g/mol. The maximum absolute atomic E-state index is 14.4. The van der Waals surface area contributed by atoms with Crippen molar-refractivity contribution in [3.63, 3.8) is 0 Å². The van der Waals surface area contributed by atoms with Crippen LogP contribution in [0.25, 0.3) is 0 Å². The van der Waals surface area contributed by atoms with Gasteiger partial charge in [-0.3, -0.25) is 24.0 Å².